The molecule has 0 atom stereocenters. The van der Waals surface area contributed by atoms with Gasteiger partial charge in [-0.3, -0.25) is 4.79 Å². The number of ketones is 1. The molecule has 0 aliphatic carbocycles. The predicted molar refractivity (Wildman–Crippen MR) is 102 cm³/mol. The Morgan fingerprint density at radius 3 is 1.85 bits per heavy atom. The Kier molecular flexibility index (Phi) is 5.71. The lowest BCUT2D eigenvalue weighted by Gasteiger charge is -2.09. The van der Waals surface area contributed by atoms with Gasteiger partial charge in [0.05, 0.1) is 5.56 Å². The Morgan fingerprint density at radius 1 is 0.692 bits per heavy atom. The molecular weight excluding hydrogens is 371 g/mol. The van der Waals surface area contributed by atoms with Crippen LogP contribution in [0, 0.1) is 0 Å². The minimum absolute atomic E-state index is 0.0258. The Morgan fingerprint density at radius 2 is 1.23 bits per heavy atom. The predicted octanol–water partition coefficient (Wildman–Crippen LogP) is 5.58. The number of carbonyl (C=O) groups is 2. The number of carbonyl (C=O) groups excluding carboxylic acids is 2. The van der Waals surface area contributed by atoms with Gasteiger partial charge in [0.15, 0.2) is 5.78 Å². The van der Waals surface area contributed by atoms with Crippen LogP contribution >= 0.6 is 23.2 Å². The van der Waals surface area contributed by atoms with E-state index in [1.807, 2.05) is 6.07 Å². The minimum atomic E-state index is -0.514. The Bertz CT molecular complexity index is 915. The molecule has 0 bridgehead atoms. The molecule has 0 fully saturated rings. The molecule has 0 saturated carbocycles. The van der Waals surface area contributed by atoms with Crippen molar-refractivity contribution in [3.05, 3.63) is 105 Å². The number of rotatable bonds is 5. The third-order valence-electron chi connectivity index (χ3n) is 3.83. The Hall–Kier alpha value is -2.62. The summed E-state index contributed by atoms with van der Waals surface area (Å²) < 4.78 is 5.27. The molecule has 0 aromatic heterocycles. The molecule has 3 rings (SSSR count). The second-order valence-electron chi connectivity index (χ2n) is 5.55. The van der Waals surface area contributed by atoms with Crippen LogP contribution in [0.4, 0.5) is 0 Å². The molecule has 0 unspecified atom stereocenters. The minimum Gasteiger partial charge on any atom is -0.457 e. The number of esters is 1. The van der Waals surface area contributed by atoms with Crippen molar-refractivity contribution in [2.24, 2.45) is 0 Å². The van der Waals surface area contributed by atoms with E-state index in [-0.39, 0.29) is 12.4 Å². The molecule has 0 aliphatic rings. The maximum Gasteiger partial charge on any atom is 0.338 e. The van der Waals surface area contributed by atoms with E-state index in [1.165, 1.54) is 0 Å². The number of hydrogen-bond acceptors (Lipinski definition) is 3. The van der Waals surface area contributed by atoms with Gasteiger partial charge in [-0.2, -0.15) is 0 Å². The van der Waals surface area contributed by atoms with Crippen molar-refractivity contribution in [1.82, 2.24) is 0 Å². The highest BCUT2D eigenvalue weighted by Gasteiger charge is 2.13. The highest BCUT2D eigenvalue weighted by atomic mass is 35.5. The second-order valence-corrected chi connectivity index (χ2v) is 6.36. The molecule has 3 aromatic carbocycles. The summed E-state index contributed by atoms with van der Waals surface area (Å²) in [6, 6.07) is 20.4. The van der Waals surface area contributed by atoms with Crippen molar-refractivity contribution in [3.8, 4) is 0 Å². The van der Waals surface area contributed by atoms with Gasteiger partial charge in [0, 0.05) is 26.7 Å². The fourth-order valence-electron chi connectivity index (χ4n) is 2.41. The molecule has 3 aromatic rings. The number of hydrogen-bond donors (Lipinski definition) is 0. The summed E-state index contributed by atoms with van der Waals surface area (Å²) >= 11 is 12.1. The fourth-order valence-corrected chi connectivity index (χ4v) is 2.91. The van der Waals surface area contributed by atoms with E-state index < -0.39 is 5.97 Å². The summed E-state index contributed by atoms with van der Waals surface area (Å²) in [5, 5.41) is 0.878. The lowest BCUT2D eigenvalue weighted by Crippen LogP contribution is -2.07. The molecule has 130 valence electrons. The van der Waals surface area contributed by atoms with E-state index >= 15 is 0 Å². The van der Waals surface area contributed by atoms with Crippen molar-refractivity contribution in [2.45, 2.75) is 6.61 Å². The highest BCUT2D eigenvalue weighted by molar-refractivity contribution is 6.35. The zero-order chi connectivity index (χ0) is 18.5. The third kappa shape index (κ3) is 4.13. The number of benzene rings is 3. The molecule has 0 aliphatic heterocycles. The first-order valence-corrected chi connectivity index (χ1v) is 8.61. The molecule has 0 amide bonds. The van der Waals surface area contributed by atoms with Gasteiger partial charge in [-0.05, 0) is 24.3 Å². The van der Waals surface area contributed by atoms with Gasteiger partial charge >= 0.3 is 5.97 Å². The van der Waals surface area contributed by atoms with Gasteiger partial charge in [-0.25, -0.2) is 4.79 Å². The van der Waals surface area contributed by atoms with Crippen LogP contribution < -0.4 is 0 Å². The largest absolute Gasteiger partial charge is 0.457 e. The second kappa shape index (κ2) is 8.17. The van der Waals surface area contributed by atoms with Crippen LogP contribution in [-0.2, 0) is 11.3 Å². The molecule has 26 heavy (non-hydrogen) atoms. The van der Waals surface area contributed by atoms with Crippen LogP contribution in [0.5, 0.6) is 0 Å². The zero-order valence-corrected chi connectivity index (χ0v) is 15.1. The zero-order valence-electron chi connectivity index (χ0n) is 13.6. The van der Waals surface area contributed by atoms with Crippen molar-refractivity contribution in [1.29, 1.82) is 0 Å². The van der Waals surface area contributed by atoms with Crippen LogP contribution in [0.15, 0.2) is 72.8 Å². The van der Waals surface area contributed by atoms with Crippen LogP contribution in [0.1, 0.15) is 31.8 Å². The van der Waals surface area contributed by atoms with Gasteiger partial charge in [-0.15, -0.1) is 0 Å². The van der Waals surface area contributed by atoms with E-state index in [0.29, 0.717) is 32.3 Å². The topological polar surface area (TPSA) is 43.4 Å². The summed E-state index contributed by atoms with van der Waals surface area (Å²) in [7, 11) is 0. The first-order chi connectivity index (χ1) is 12.6. The lowest BCUT2D eigenvalue weighted by atomic mass is 10.0. The van der Waals surface area contributed by atoms with Crippen molar-refractivity contribution in [3.63, 3.8) is 0 Å². The molecule has 5 heteroatoms. The lowest BCUT2D eigenvalue weighted by molar-refractivity contribution is 0.0473. The summed E-state index contributed by atoms with van der Waals surface area (Å²) in [5.41, 5.74) is 2.00. The smallest absolute Gasteiger partial charge is 0.338 e. The maximum absolute atomic E-state index is 12.4. The van der Waals surface area contributed by atoms with E-state index in [2.05, 4.69) is 0 Å². The van der Waals surface area contributed by atoms with Crippen molar-refractivity contribution in [2.75, 3.05) is 0 Å². The first-order valence-electron chi connectivity index (χ1n) is 7.86. The molecule has 0 heterocycles. The molecule has 0 spiro atoms. The monoisotopic (exact) mass is 384 g/mol. The molecule has 0 saturated heterocycles. The van der Waals surface area contributed by atoms with Gasteiger partial charge in [0.1, 0.15) is 6.61 Å². The van der Waals surface area contributed by atoms with Crippen LogP contribution in [0.3, 0.4) is 0 Å². The summed E-state index contributed by atoms with van der Waals surface area (Å²) in [6.07, 6.45) is 0. The first kappa shape index (κ1) is 18.2. The highest BCUT2D eigenvalue weighted by Crippen LogP contribution is 2.25. The van der Waals surface area contributed by atoms with E-state index in [9.17, 15) is 9.59 Å². The normalized spacial score (nSPS) is 10.4. The number of halogens is 2. The number of ether oxygens (including phenoxy) is 1. The van der Waals surface area contributed by atoms with Gasteiger partial charge in [-0.1, -0.05) is 71.7 Å². The van der Waals surface area contributed by atoms with Gasteiger partial charge in [0.25, 0.3) is 0 Å². The van der Waals surface area contributed by atoms with E-state index in [0.717, 1.165) is 0 Å². The third-order valence-corrected chi connectivity index (χ3v) is 4.54. The standard InChI is InChI=1S/C21H14Cl2O3/c22-18-7-4-8-19(23)17(18)13-26-21(25)16-11-9-15(10-12-16)20(24)14-5-2-1-3-6-14/h1-12H,13H2. The van der Waals surface area contributed by atoms with Gasteiger partial charge in [0.2, 0.25) is 0 Å². The van der Waals surface area contributed by atoms with Crippen LogP contribution in [0.25, 0.3) is 0 Å². The van der Waals surface area contributed by atoms with Crippen LogP contribution in [0.2, 0.25) is 10.0 Å². The molecule has 0 radical (unpaired) electrons. The molecule has 3 nitrogen and oxygen atoms in total. The molecule has 0 N–H and O–H groups in total. The van der Waals surface area contributed by atoms with Gasteiger partial charge < -0.3 is 4.74 Å². The maximum atomic E-state index is 12.4. The van der Waals surface area contributed by atoms with Crippen molar-refractivity contribution < 1.29 is 14.3 Å². The van der Waals surface area contributed by atoms with E-state index in [1.54, 1.807) is 66.7 Å². The van der Waals surface area contributed by atoms with Crippen LogP contribution in [-0.4, -0.2) is 11.8 Å². The summed E-state index contributed by atoms with van der Waals surface area (Å²) in [4.78, 5) is 24.6. The SMILES string of the molecule is O=C(OCc1c(Cl)cccc1Cl)c1ccc(C(=O)c2ccccc2)cc1. The van der Waals surface area contributed by atoms with E-state index in [4.69, 9.17) is 27.9 Å². The summed E-state index contributed by atoms with van der Waals surface area (Å²) in [6.45, 7) is -0.0258. The average molecular weight is 385 g/mol. The Balaban J connectivity index is 1.68. The fraction of sp³-hybridized carbons (Fsp3) is 0.0476. The molecular formula is C21H14Cl2O3. The quantitative estimate of drug-likeness (QED) is 0.425. The summed E-state index contributed by atoms with van der Waals surface area (Å²) in [5.74, 6) is -0.618. The Labute approximate surface area is 161 Å². The van der Waals surface area contributed by atoms with Crippen molar-refractivity contribution >= 4 is 35.0 Å². The average Bonchev–Trinajstić information content (AvgIpc) is 2.67.